The normalized spacial score (nSPS) is 13.1. The van der Waals surface area contributed by atoms with Gasteiger partial charge in [-0.15, -0.1) is 0 Å². The van der Waals surface area contributed by atoms with E-state index < -0.39 is 0 Å². The van der Waals surface area contributed by atoms with Gasteiger partial charge in [0.15, 0.2) is 0 Å². The standard InChI is InChI=1S/C40H26O/c1-2-13-26-25(12-1)24-36(28-15-4-3-14-27(26)28)39-32-19-7-5-17-30(32)38(31-18-6-8-20-33(31)39)35-22-11-21-34-29-16-9-10-23-37(29)41-40(34)35/h1-5,7-17,19-24H,6,18H2. The molecule has 1 aliphatic carbocycles. The molecule has 0 aliphatic heterocycles. The lowest BCUT2D eigenvalue weighted by atomic mass is 9.79. The van der Waals surface area contributed by atoms with E-state index in [1.807, 2.05) is 0 Å². The summed E-state index contributed by atoms with van der Waals surface area (Å²) in [4.78, 5) is 0. The average molecular weight is 523 g/mol. The fourth-order valence-corrected chi connectivity index (χ4v) is 7.19. The second kappa shape index (κ2) is 8.68. The minimum Gasteiger partial charge on any atom is -0.455 e. The van der Waals surface area contributed by atoms with Crippen LogP contribution in [0.3, 0.4) is 0 Å². The first-order valence-corrected chi connectivity index (χ1v) is 14.4. The van der Waals surface area contributed by atoms with Gasteiger partial charge in [-0.05, 0) is 85.1 Å². The van der Waals surface area contributed by atoms with Crippen molar-refractivity contribution in [2.24, 2.45) is 0 Å². The number of rotatable bonds is 2. The summed E-state index contributed by atoms with van der Waals surface area (Å²) < 4.78 is 6.58. The molecule has 1 nitrogen and oxygen atoms in total. The Morgan fingerprint density at radius 1 is 0.488 bits per heavy atom. The topological polar surface area (TPSA) is 13.1 Å². The van der Waals surface area contributed by atoms with Crippen molar-refractivity contribution < 1.29 is 4.42 Å². The van der Waals surface area contributed by atoms with Gasteiger partial charge in [-0.25, -0.2) is 0 Å². The second-order valence-electron chi connectivity index (χ2n) is 11.1. The van der Waals surface area contributed by atoms with E-state index in [1.165, 1.54) is 76.5 Å². The van der Waals surface area contributed by atoms with Crippen LogP contribution in [-0.2, 0) is 6.42 Å². The molecule has 192 valence electrons. The lowest BCUT2D eigenvalue weighted by Gasteiger charge is -2.24. The van der Waals surface area contributed by atoms with Gasteiger partial charge in [0, 0.05) is 16.3 Å². The Morgan fingerprint density at radius 2 is 1.15 bits per heavy atom. The van der Waals surface area contributed by atoms with Crippen molar-refractivity contribution in [2.45, 2.75) is 12.8 Å². The summed E-state index contributed by atoms with van der Waals surface area (Å²) >= 11 is 0. The number of hydrogen-bond donors (Lipinski definition) is 0. The Labute approximate surface area is 238 Å². The van der Waals surface area contributed by atoms with Gasteiger partial charge in [-0.2, -0.15) is 0 Å². The Kier molecular flexibility index (Phi) is 4.80. The number of para-hydroxylation sites is 2. The van der Waals surface area contributed by atoms with E-state index >= 15 is 0 Å². The summed E-state index contributed by atoms with van der Waals surface area (Å²) in [5, 5.41) is 10.1. The Bertz CT molecular complexity index is 2370. The molecule has 1 aromatic heterocycles. The highest BCUT2D eigenvalue weighted by Crippen LogP contribution is 2.48. The fraction of sp³-hybridized carbons (Fsp3) is 0.0500. The van der Waals surface area contributed by atoms with Crippen molar-refractivity contribution in [1.82, 2.24) is 0 Å². The SMILES string of the molecule is C1=Cc2c(c(-c3cccc4c3oc3ccccc34)c3ccccc3c2-c2cc3ccccc3c3ccccc23)CC1. The van der Waals surface area contributed by atoms with E-state index in [0.29, 0.717) is 0 Å². The molecular formula is C40H26O. The van der Waals surface area contributed by atoms with Gasteiger partial charge in [0.25, 0.3) is 0 Å². The predicted octanol–water partition coefficient (Wildman–Crippen LogP) is 11.3. The molecule has 9 rings (SSSR count). The highest BCUT2D eigenvalue weighted by atomic mass is 16.3. The molecule has 0 amide bonds. The molecule has 0 spiro atoms. The quantitative estimate of drug-likeness (QED) is 0.206. The summed E-state index contributed by atoms with van der Waals surface area (Å²) in [6.45, 7) is 0. The zero-order chi connectivity index (χ0) is 26.9. The van der Waals surface area contributed by atoms with E-state index in [-0.39, 0.29) is 0 Å². The van der Waals surface area contributed by atoms with E-state index in [2.05, 4.69) is 133 Å². The third kappa shape index (κ3) is 3.24. The van der Waals surface area contributed by atoms with Crippen LogP contribution in [-0.4, -0.2) is 0 Å². The van der Waals surface area contributed by atoms with Gasteiger partial charge < -0.3 is 4.42 Å². The van der Waals surface area contributed by atoms with Crippen LogP contribution in [0.4, 0.5) is 0 Å². The predicted molar refractivity (Wildman–Crippen MR) is 174 cm³/mol. The molecule has 1 heteroatoms. The third-order valence-electron chi connectivity index (χ3n) is 8.92. The summed E-state index contributed by atoms with van der Waals surface area (Å²) in [7, 11) is 0. The number of benzene rings is 7. The van der Waals surface area contributed by atoms with Crippen molar-refractivity contribution >= 4 is 60.3 Å². The van der Waals surface area contributed by atoms with Crippen LogP contribution < -0.4 is 0 Å². The molecule has 0 atom stereocenters. The Hall–Kier alpha value is -5.14. The first-order valence-electron chi connectivity index (χ1n) is 14.4. The van der Waals surface area contributed by atoms with Crippen LogP contribution in [0.25, 0.3) is 82.6 Å². The molecule has 0 radical (unpaired) electrons. The van der Waals surface area contributed by atoms with Crippen molar-refractivity contribution in [2.75, 3.05) is 0 Å². The van der Waals surface area contributed by atoms with E-state index in [9.17, 15) is 0 Å². The van der Waals surface area contributed by atoms with E-state index in [4.69, 9.17) is 4.42 Å². The highest BCUT2D eigenvalue weighted by Gasteiger charge is 2.25. The molecule has 0 unspecified atom stereocenters. The van der Waals surface area contributed by atoms with Gasteiger partial charge in [0.1, 0.15) is 11.2 Å². The summed E-state index contributed by atoms with van der Waals surface area (Å²) in [6, 6.07) is 44.0. The molecule has 0 N–H and O–H groups in total. The largest absolute Gasteiger partial charge is 0.455 e. The van der Waals surface area contributed by atoms with Gasteiger partial charge in [-0.1, -0.05) is 121 Å². The van der Waals surface area contributed by atoms with Crippen LogP contribution in [0.15, 0.2) is 132 Å². The van der Waals surface area contributed by atoms with Crippen LogP contribution in [0.2, 0.25) is 0 Å². The van der Waals surface area contributed by atoms with E-state index in [0.717, 1.165) is 24.0 Å². The lowest BCUT2D eigenvalue weighted by Crippen LogP contribution is -2.03. The van der Waals surface area contributed by atoms with Gasteiger partial charge in [0.05, 0.1) is 0 Å². The smallest absolute Gasteiger partial charge is 0.143 e. The average Bonchev–Trinajstić information content (AvgIpc) is 3.43. The minimum atomic E-state index is 0.937. The molecule has 41 heavy (non-hydrogen) atoms. The molecule has 0 saturated heterocycles. The molecule has 0 fully saturated rings. The summed E-state index contributed by atoms with van der Waals surface area (Å²) in [6.07, 6.45) is 6.75. The highest BCUT2D eigenvalue weighted by molar-refractivity contribution is 6.20. The molecule has 1 heterocycles. The van der Waals surface area contributed by atoms with Gasteiger partial charge in [-0.3, -0.25) is 0 Å². The van der Waals surface area contributed by atoms with Crippen molar-refractivity contribution in [3.05, 3.63) is 139 Å². The van der Waals surface area contributed by atoms with Crippen LogP contribution in [0.5, 0.6) is 0 Å². The zero-order valence-electron chi connectivity index (χ0n) is 22.5. The molecule has 0 bridgehead atoms. The zero-order valence-corrected chi connectivity index (χ0v) is 22.5. The lowest BCUT2D eigenvalue weighted by molar-refractivity contribution is 0.670. The molecule has 7 aromatic carbocycles. The maximum absolute atomic E-state index is 6.58. The third-order valence-corrected chi connectivity index (χ3v) is 8.92. The first-order chi connectivity index (χ1) is 20.4. The molecular weight excluding hydrogens is 496 g/mol. The minimum absolute atomic E-state index is 0.937. The maximum Gasteiger partial charge on any atom is 0.143 e. The van der Waals surface area contributed by atoms with Crippen molar-refractivity contribution in [1.29, 1.82) is 0 Å². The van der Waals surface area contributed by atoms with Crippen LogP contribution in [0.1, 0.15) is 17.5 Å². The summed E-state index contributed by atoms with van der Waals surface area (Å²) in [5.41, 5.74) is 9.76. The van der Waals surface area contributed by atoms with Gasteiger partial charge >= 0.3 is 0 Å². The van der Waals surface area contributed by atoms with E-state index in [1.54, 1.807) is 0 Å². The number of fused-ring (bicyclic) bond motifs is 8. The van der Waals surface area contributed by atoms with Crippen LogP contribution in [0, 0.1) is 0 Å². The Morgan fingerprint density at radius 3 is 2.00 bits per heavy atom. The molecule has 8 aromatic rings. The van der Waals surface area contributed by atoms with Crippen LogP contribution >= 0.6 is 0 Å². The second-order valence-corrected chi connectivity index (χ2v) is 11.1. The number of furan rings is 1. The number of hydrogen-bond acceptors (Lipinski definition) is 1. The first kappa shape index (κ1) is 22.7. The monoisotopic (exact) mass is 522 g/mol. The number of allylic oxidation sites excluding steroid dienone is 1. The Balaban J connectivity index is 1.45. The van der Waals surface area contributed by atoms with Crippen molar-refractivity contribution in [3.63, 3.8) is 0 Å². The van der Waals surface area contributed by atoms with Gasteiger partial charge in [0.2, 0.25) is 0 Å². The fourth-order valence-electron chi connectivity index (χ4n) is 7.19. The molecule has 0 saturated carbocycles. The van der Waals surface area contributed by atoms with Crippen molar-refractivity contribution in [3.8, 4) is 22.3 Å². The molecule has 1 aliphatic rings. The maximum atomic E-state index is 6.58. The summed E-state index contributed by atoms with van der Waals surface area (Å²) in [5.74, 6) is 0.